The molecule has 0 aliphatic heterocycles. The van der Waals surface area contributed by atoms with Crippen LogP contribution in [0.5, 0.6) is 11.5 Å². The zero-order valence-corrected chi connectivity index (χ0v) is 22.0. The minimum absolute atomic E-state index is 0.305. The SMILES string of the molecule is O=C(Oc1ccc(Br)cc1/C=N/NC(=O)c1cc(Br)ccc1OCc1ccccc1)c1ccccc1. The first kappa shape index (κ1) is 25.3. The average Bonchev–Trinajstić information content (AvgIpc) is 2.90. The highest BCUT2D eigenvalue weighted by molar-refractivity contribution is 9.10. The van der Waals surface area contributed by atoms with Gasteiger partial charge in [-0.25, -0.2) is 10.2 Å². The first-order valence-corrected chi connectivity index (χ1v) is 12.4. The predicted octanol–water partition coefficient (Wildman–Crippen LogP) is 6.77. The molecule has 0 bridgehead atoms. The summed E-state index contributed by atoms with van der Waals surface area (Å²) in [6.45, 7) is 0.320. The van der Waals surface area contributed by atoms with Crippen molar-refractivity contribution >= 4 is 50.0 Å². The molecule has 1 N–H and O–H groups in total. The Kier molecular flexibility index (Phi) is 8.65. The molecule has 0 radical (unpaired) electrons. The summed E-state index contributed by atoms with van der Waals surface area (Å²) in [7, 11) is 0. The van der Waals surface area contributed by atoms with E-state index in [1.165, 1.54) is 6.21 Å². The molecule has 4 aromatic carbocycles. The summed E-state index contributed by atoms with van der Waals surface area (Å²) in [4.78, 5) is 25.4. The Morgan fingerprint density at radius 1 is 0.806 bits per heavy atom. The first-order chi connectivity index (χ1) is 17.5. The zero-order valence-electron chi connectivity index (χ0n) is 18.9. The number of halogens is 2. The second kappa shape index (κ2) is 12.3. The van der Waals surface area contributed by atoms with Gasteiger partial charge in [-0.3, -0.25) is 4.79 Å². The van der Waals surface area contributed by atoms with Crippen molar-refractivity contribution in [2.24, 2.45) is 5.10 Å². The zero-order chi connectivity index (χ0) is 25.3. The molecule has 0 saturated carbocycles. The number of hydrogen-bond acceptors (Lipinski definition) is 5. The molecule has 4 aromatic rings. The maximum atomic E-state index is 12.9. The van der Waals surface area contributed by atoms with E-state index in [1.54, 1.807) is 60.7 Å². The summed E-state index contributed by atoms with van der Waals surface area (Å²) >= 11 is 6.81. The van der Waals surface area contributed by atoms with Gasteiger partial charge in [-0.1, -0.05) is 80.4 Å². The van der Waals surface area contributed by atoms with Crippen molar-refractivity contribution in [1.29, 1.82) is 0 Å². The number of carbonyl (C=O) groups excluding carboxylic acids is 2. The molecule has 36 heavy (non-hydrogen) atoms. The molecule has 1 amide bonds. The minimum Gasteiger partial charge on any atom is -0.488 e. The average molecular weight is 608 g/mol. The third-order valence-corrected chi connectivity index (χ3v) is 5.96. The fourth-order valence-electron chi connectivity index (χ4n) is 3.21. The van der Waals surface area contributed by atoms with E-state index in [2.05, 4.69) is 42.4 Å². The third-order valence-electron chi connectivity index (χ3n) is 4.98. The van der Waals surface area contributed by atoms with Crippen LogP contribution in [0.2, 0.25) is 0 Å². The lowest BCUT2D eigenvalue weighted by atomic mass is 10.2. The first-order valence-electron chi connectivity index (χ1n) is 10.9. The quantitative estimate of drug-likeness (QED) is 0.104. The number of carbonyl (C=O) groups is 2. The molecule has 0 heterocycles. The highest BCUT2D eigenvalue weighted by Crippen LogP contribution is 2.25. The van der Waals surface area contributed by atoms with Crippen molar-refractivity contribution in [3.63, 3.8) is 0 Å². The van der Waals surface area contributed by atoms with E-state index < -0.39 is 11.9 Å². The van der Waals surface area contributed by atoms with Crippen LogP contribution in [0.15, 0.2) is 111 Å². The lowest BCUT2D eigenvalue weighted by Gasteiger charge is -2.11. The normalized spacial score (nSPS) is 10.7. The molecular weight excluding hydrogens is 588 g/mol. The van der Waals surface area contributed by atoms with Crippen LogP contribution in [0.1, 0.15) is 31.8 Å². The van der Waals surface area contributed by atoms with Crippen molar-refractivity contribution in [2.75, 3.05) is 0 Å². The van der Waals surface area contributed by atoms with Crippen molar-refractivity contribution in [2.45, 2.75) is 6.61 Å². The van der Waals surface area contributed by atoms with Crippen molar-refractivity contribution in [3.05, 3.63) is 128 Å². The summed E-state index contributed by atoms with van der Waals surface area (Å²) in [6, 6.07) is 28.7. The summed E-state index contributed by atoms with van der Waals surface area (Å²) < 4.78 is 12.9. The molecule has 0 saturated heterocycles. The predicted molar refractivity (Wildman–Crippen MR) is 146 cm³/mol. The van der Waals surface area contributed by atoms with Gasteiger partial charge in [0, 0.05) is 14.5 Å². The molecule has 0 atom stereocenters. The van der Waals surface area contributed by atoms with E-state index in [-0.39, 0.29) is 0 Å². The number of amides is 1. The van der Waals surface area contributed by atoms with Crippen LogP contribution in [0, 0.1) is 0 Å². The molecule has 0 unspecified atom stereocenters. The van der Waals surface area contributed by atoms with Crippen molar-refractivity contribution < 1.29 is 19.1 Å². The molecular formula is C28H20Br2N2O4. The fourth-order valence-corrected chi connectivity index (χ4v) is 3.95. The molecule has 6 nitrogen and oxygen atoms in total. The van der Waals surface area contributed by atoms with Gasteiger partial charge in [0.2, 0.25) is 0 Å². The second-order valence-electron chi connectivity index (χ2n) is 7.55. The highest BCUT2D eigenvalue weighted by atomic mass is 79.9. The maximum absolute atomic E-state index is 12.9. The summed E-state index contributed by atoms with van der Waals surface area (Å²) in [6.07, 6.45) is 1.42. The second-order valence-corrected chi connectivity index (χ2v) is 9.38. The van der Waals surface area contributed by atoms with Crippen LogP contribution in [0.4, 0.5) is 0 Å². The van der Waals surface area contributed by atoms with Gasteiger partial charge in [-0.15, -0.1) is 0 Å². The highest BCUT2D eigenvalue weighted by Gasteiger charge is 2.14. The number of nitrogens with one attached hydrogen (secondary N) is 1. The molecule has 0 aliphatic carbocycles. The van der Waals surface area contributed by atoms with Crippen LogP contribution < -0.4 is 14.9 Å². The van der Waals surface area contributed by atoms with E-state index in [0.29, 0.717) is 34.8 Å². The Labute approximate surface area is 225 Å². The smallest absolute Gasteiger partial charge is 0.343 e. The van der Waals surface area contributed by atoms with E-state index in [1.807, 2.05) is 36.4 Å². The summed E-state index contributed by atoms with van der Waals surface area (Å²) in [5.41, 5.74) is 4.75. The van der Waals surface area contributed by atoms with Gasteiger partial charge in [0.25, 0.3) is 5.91 Å². The lowest BCUT2D eigenvalue weighted by molar-refractivity contribution is 0.0734. The number of benzene rings is 4. The van der Waals surface area contributed by atoms with E-state index >= 15 is 0 Å². The van der Waals surface area contributed by atoms with Crippen LogP contribution in [0.3, 0.4) is 0 Å². The van der Waals surface area contributed by atoms with Gasteiger partial charge >= 0.3 is 5.97 Å². The third kappa shape index (κ3) is 6.90. The Bertz CT molecular complexity index is 1390. The minimum atomic E-state index is -0.494. The number of rotatable bonds is 8. The van der Waals surface area contributed by atoms with Crippen molar-refractivity contribution in [3.8, 4) is 11.5 Å². The molecule has 0 aliphatic rings. The van der Waals surface area contributed by atoms with Gasteiger partial charge in [-0.2, -0.15) is 5.10 Å². The monoisotopic (exact) mass is 606 g/mol. The van der Waals surface area contributed by atoms with E-state index in [4.69, 9.17) is 9.47 Å². The van der Waals surface area contributed by atoms with Gasteiger partial charge in [-0.05, 0) is 54.1 Å². The van der Waals surface area contributed by atoms with Crippen LogP contribution >= 0.6 is 31.9 Å². The molecule has 8 heteroatoms. The number of hydrazone groups is 1. The molecule has 0 aromatic heterocycles. The van der Waals surface area contributed by atoms with E-state index in [9.17, 15) is 9.59 Å². The number of ether oxygens (including phenoxy) is 2. The van der Waals surface area contributed by atoms with Crippen molar-refractivity contribution in [1.82, 2.24) is 5.43 Å². The topological polar surface area (TPSA) is 77.0 Å². The van der Waals surface area contributed by atoms with Gasteiger partial charge in [0.05, 0.1) is 17.3 Å². The summed E-state index contributed by atoms with van der Waals surface area (Å²) in [5, 5.41) is 4.08. The molecule has 0 spiro atoms. The number of hydrogen-bond donors (Lipinski definition) is 1. The molecule has 180 valence electrons. The Morgan fingerprint density at radius 3 is 2.17 bits per heavy atom. The fraction of sp³-hybridized carbons (Fsp3) is 0.0357. The van der Waals surface area contributed by atoms with E-state index in [0.717, 1.165) is 14.5 Å². The van der Waals surface area contributed by atoms with Gasteiger partial charge < -0.3 is 9.47 Å². The Hall–Kier alpha value is -3.75. The Balaban J connectivity index is 1.47. The summed E-state index contributed by atoms with van der Waals surface area (Å²) in [5.74, 6) is -0.214. The van der Waals surface area contributed by atoms with Gasteiger partial charge in [0.1, 0.15) is 18.1 Å². The number of esters is 1. The maximum Gasteiger partial charge on any atom is 0.343 e. The molecule has 0 fully saturated rings. The standard InChI is InChI=1S/C28H20Br2N2O4/c29-22-11-13-25(36-28(34)20-9-5-2-6-10-20)21(15-22)17-31-32-27(33)24-16-23(30)12-14-26(24)35-18-19-7-3-1-4-8-19/h1-17H,18H2,(H,32,33)/b31-17+. The lowest BCUT2D eigenvalue weighted by Crippen LogP contribution is -2.19. The number of nitrogens with zero attached hydrogens (tertiary/aromatic N) is 1. The van der Waals surface area contributed by atoms with Crippen LogP contribution in [-0.4, -0.2) is 18.1 Å². The van der Waals surface area contributed by atoms with Crippen LogP contribution in [0.25, 0.3) is 0 Å². The van der Waals surface area contributed by atoms with Gasteiger partial charge in [0.15, 0.2) is 0 Å². The largest absolute Gasteiger partial charge is 0.488 e. The molecule has 4 rings (SSSR count). The Morgan fingerprint density at radius 2 is 1.44 bits per heavy atom. The van der Waals surface area contributed by atoms with Crippen LogP contribution in [-0.2, 0) is 6.61 Å².